The summed E-state index contributed by atoms with van der Waals surface area (Å²) in [4.78, 5) is 16.1. The molecule has 2 rings (SSSR count). The molecule has 5 nitrogen and oxygen atoms in total. The van der Waals surface area contributed by atoms with Crippen LogP contribution in [0.4, 0.5) is 0 Å². The molecule has 1 unspecified atom stereocenters. The smallest absolute Gasteiger partial charge is 0.251 e. The number of amides is 1. The molecule has 1 heterocycles. The van der Waals surface area contributed by atoms with Gasteiger partial charge in [0.15, 0.2) is 0 Å². The largest absolute Gasteiger partial charge is 0.474 e. The summed E-state index contributed by atoms with van der Waals surface area (Å²) in [6.07, 6.45) is 4.58. The number of carbonyl (C=O) groups is 1. The van der Waals surface area contributed by atoms with Crippen LogP contribution in [0.2, 0.25) is 0 Å². The molecule has 0 saturated heterocycles. The fourth-order valence-electron chi connectivity index (χ4n) is 1.81. The molecule has 1 fully saturated rings. The Balaban J connectivity index is 1.90. The first-order chi connectivity index (χ1) is 9.56. The first kappa shape index (κ1) is 14.8. The van der Waals surface area contributed by atoms with Crippen LogP contribution in [0.25, 0.3) is 0 Å². The van der Waals surface area contributed by atoms with Gasteiger partial charge in [-0.05, 0) is 31.2 Å². The summed E-state index contributed by atoms with van der Waals surface area (Å²) in [5.74, 6) is 0.391. The van der Waals surface area contributed by atoms with Crippen molar-refractivity contribution in [2.45, 2.75) is 45.3 Å². The minimum Gasteiger partial charge on any atom is -0.474 e. The van der Waals surface area contributed by atoms with Crippen LogP contribution in [-0.2, 0) is 0 Å². The lowest BCUT2D eigenvalue weighted by atomic mass is 9.96. The highest BCUT2D eigenvalue weighted by molar-refractivity contribution is 5.94. The number of nitrogens with zero attached hydrogens (tertiary/aromatic N) is 1. The molecule has 0 bridgehead atoms. The molecular weight excluding hydrogens is 256 g/mol. The number of hydrogen-bond donors (Lipinski definition) is 2. The van der Waals surface area contributed by atoms with Crippen molar-refractivity contribution in [3.8, 4) is 5.88 Å². The van der Waals surface area contributed by atoms with Crippen LogP contribution in [0, 0.1) is 5.92 Å². The fraction of sp³-hybridized carbons (Fsp3) is 0.600. The minimum atomic E-state index is -0.536. The highest BCUT2D eigenvalue weighted by Crippen LogP contribution is 2.24. The van der Waals surface area contributed by atoms with Gasteiger partial charge in [-0.3, -0.25) is 4.79 Å². The molecule has 0 aromatic carbocycles. The summed E-state index contributed by atoms with van der Waals surface area (Å²) in [6.45, 7) is 4.07. The molecule has 1 saturated carbocycles. The van der Waals surface area contributed by atoms with Gasteiger partial charge in [-0.1, -0.05) is 13.8 Å². The molecule has 1 aliphatic rings. The van der Waals surface area contributed by atoms with E-state index in [0.717, 1.165) is 12.8 Å². The van der Waals surface area contributed by atoms with Crippen molar-refractivity contribution in [1.29, 1.82) is 0 Å². The van der Waals surface area contributed by atoms with Crippen LogP contribution >= 0.6 is 0 Å². The quantitative estimate of drug-likeness (QED) is 0.831. The molecule has 1 atom stereocenters. The Morgan fingerprint density at radius 3 is 2.90 bits per heavy atom. The summed E-state index contributed by atoms with van der Waals surface area (Å²) >= 11 is 0. The van der Waals surface area contributed by atoms with Crippen molar-refractivity contribution in [2.75, 3.05) is 6.54 Å². The van der Waals surface area contributed by atoms with Gasteiger partial charge in [0.2, 0.25) is 5.88 Å². The normalized spacial score (nSPS) is 16.6. The van der Waals surface area contributed by atoms with E-state index in [4.69, 9.17) is 4.74 Å². The van der Waals surface area contributed by atoms with E-state index in [9.17, 15) is 9.90 Å². The number of hydrogen-bond acceptors (Lipinski definition) is 4. The summed E-state index contributed by atoms with van der Waals surface area (Å²) in [6, 6.07) is 3.29. The number of aliphatic hydroxyl groups excluding tert-OH is 1. The zero-order valence-electron chi connectivity index (χ0n) is 12.0. The molecule has 1 aromatic heterocycles. The lowest BCUT2D eigenvalue weighted by Crippen LogP contribution is -2.34. The zero-order valence-corrected chi connectivity index (χ0v) is 12.0. The third-order valence-electron chi connectivity index (χ3n) is 3.58. The third-order valence-corrected chi connectivity index (χ3v) is 3.58. The second-order valence-electron chi connectivity index (χ2n) is 5.57. The lowest BCUT2D eigenvalue weighted by molar-refractivity contribution is 0.0868. The molecular formula is C15H22N2O3. The van der Waals surface area contributed by atoms with Crippen LogP contribution < -0.4 is 10.1 Å². The second kappa shape index (κ2) is 6.70. The molecule has 20 heavy (non-hydrogen) atoms. The Hall–Kier alpha value is -1.62. The predicted octanol–water partition coefficient (Wildman–Crippen LogP) is 1.76. The van der Waals surface area contributed by atoms with E-state index in [1.165, 1.54) is 6.42 Å². The topological polar surface area (TPSA) is 71.5 Å². The van der Waals surface area contributed by atoms with Crippen LogP contribution in [0.5, 0.6) is 5.88 Å². The van der Waals surface area contributed by atoms with Crippen LogP contribution in [0.15, 0.2) is 18.3 Å². The number of ether oxygens (including phenoxy) is 1. The van der Waals surface area contributed by atoms with E-state index in [0.29, 0.717) is 11.4 Å². The fourth-order valence-corrected chi connectivity index (χ4v) is 1.81. The summed E-state index contributed by atoms with van der Waals surface area (Å²) < 4.78 is 5.66. The number of aromatic nitrogens is 1. The number of pyridine rings is 1. The van der Waals surface area contributed by atoms with Crippen LogP contribution in [-0.4, -0.2) is 34.8 Å². The highest BCUT2D eigenvalue weighted by Gasteiger charge is 2.20. The van der Waals surface area contributed by atoms with Gasteiger partial charge in [0.25, 0.3) is 5.91 Å². The predicted molar refractivity (Wildman–Crippen MR) is 75.7 cm³/mol. The van der Waals surface area contributed by atoms with E-state index < -0.39 is 6.10 Å². The Labute approximate surface area is 119 Å². The molecule has 1 aliphatic carbocycles. The summed E-state index contributed by atoms with van der Waals surface area (Å²) in [5.41, 5.74) is 0.505. The third kappa shape index (κ3) is 3.93. The Morgan fingerprint density at radius 2 is 2.30 bits per heavy atom. The van der Waals surface area contributed by atoms with Crippen molar-refractivity contribution >= 4 is 5.91 Å². The van der Waals surface area contributed by atoms with Crippen molar-refractivity contribution in [1.82, 2.24) is 10.3 Å². The maximum Gasteiger partial charge on any atom is 0.251 e. The molecule has 1 amide bonds. The highest BCUT2D eigenvalue weighted by atomic mass is 16.5. The number of rotatable bonds is 6. The maximum atomic E-state index is 12.0. The zero-order chi connectivity index (χ0) is 14.5. The van der Waals surface area contributed by atoms with Crippen molar-refractivity contribution < 1.29 is 14.6 Å². The van der Waals surface area contributed by atoms with Crippen molar-refractivity contribution in [2.24, 2.45) is 5.92 Å². The maximum absolute atomic E-state index is 12.0. The second-order valence-corrected chi connectivity index (χ2v) is 5.57. The molecule has 1 aromatic rings. The molecule has 2 N–H and O–H groups in total. The van der Waals surface area contributed by atoms with Crippen molar-refractivity contribution in [3.05, 3.63) is 23.9 Å². The lowest BCUT2D eigenvalue weighted by Gasteiger charge is -2.25. The Bertz CT molecular complexity index is 458. The van der Waals surface area contributed by atoms with E-state index >= 15 is 0 Å². The van der Waals surface area contributed by atoms with Crippen molar-refractivity contribution in [3.63, 3.8) is 0 Å². The molecule has 0 radical (unpaired) electrons. The number of carbonyl (C=O) groups excluding carboxylic acids is 1. The number of aliphatic hydroxyl groups is 1. The monoisotopic (exact) mass is 278 g/mol. The molecule has 0 spiro atoms. The van der Waals surface area contributed by atoms with E-state index in [1.54, 1.807) is 18.3 Å². The molecule has 110 valence electrons. The average Bonchev–Trinajstić information content (AvgIpc) is 2.40. The molecule has 5 heteroatoms. The number of nitrogens with one attached hydrogen (secondary N) is 1. The van der Waals surface area contributed by atoms with Crippen LogP contribution in [0.3, 0.4) is 0 Å². The van der Waals surface area contributed by atoms with Gasteiger partial charge in [-0.2, -0.15) is 0 Å². The summed E-state index contributed by atoms with van der Waals surface area (Å²) in [5, 5.41) is 12.4. The Morgan fingerprint density at radius 1 is 1.55 bits per heavy atom. The van der Waals surface area contributed by atoms with Gasteiger partial charge in [0.1, 0.15) is 6.10 Å². The van der Waals surface area contributed by atoms with E-state index in [2.05, 4.69) is 10.3 Å². The standard InChI is InChI=1S/C15H22N2O3/c1-10(2)13(18)9-17-15(19)11-6-7-16-14(8-11)20-12-4-3-5-12/h6-8,10,12-13,18H,3-5,9H2,1-2H3,(H,17,19). The van der Waals surface area contributed by atoms with Gasteiger partial charge < -0.3 is 15.2 Å². The van der Waals surface area contributed by atoms with Gasteiger partial charge in [-0.15, -0.1) is 0 Å². The van der Waals surface area contributed by atoms with E-state index in [-0.39, 0.29) is 24.5 Å². The average molecular weight is 278 g/mol. The first-order valence-electron chi connectivity index (χ1n) is 7.15. The van der Waals surface area contributed by atoms with Gasteiger partial charge in [0.05, 0.1) is 6.10 Å². The van der Waals surface area contributed by atoms with Gasteiger partial charge in [-0.25, -0.2) is 4.98 Å². The van der Waals surface area contributed by atoms with E-state index in [1.807, 2.05) is 13.8 Å². The SMILES string of the molecule is CC(C)C(O)CNC(=O)c1ccnc(OC2CCC2)c1. The van der Waals surface area contributed by atoms with Gasteiger partial charge >= 0.3 is 0 Å². The minimum absolute atomic E-state index is 0.116. The van der Waals surface area contributed by atoms with Crippen LogP contribution in [0.1, 0.15) is 43.5 Å². The Kier molecular flexibility index (Phi) is 4.95. The molecule has 0 aliphatic heterocycles. The summed E-state index contributed by atoms with van der Waals surface area (Å²) in [7, 11) is 0. The van der Waals surface area contributed by atoms with Gasteiger partial charge in [0, 0.05) is 24.4 Å². The first-order valence-corrected chi connectivity index (χ1v) is 7.15.